The van der Waals surface area contributed by atoms with Gasteiger partial charge in [0, 0.05) is 20.0 Å². The summed E-state index contributed by atoms with van der Waals surface area (Å²) in [6, 6.07) is -1.67. The van der Waals surface area contributed by atoms with Gasteiger partial charge in [-0.2, -0.15) is 13.2 Å². The highest BCUT2D eigenvalue weighted by Crippen LogP contribution is 2.20. The average Bonchev–Trinajstić information content (AvgIpc) is 2.23. The molecule has 5 nitrogen and oxygen atoms in total. The van der Waals surface area contributed by atoms with E-state index in [1.807, 2.05) is 0 Å². The van der Waals surface area contributed by atoms with E-state index < -0.39 is 30.6 Å². The van der Waals surface area contributed by atoms with Gasteiger partial charge in [0.1, 0.15) is 6.04 Å². The summed E-state index contributed by atoms with van der Waals surface area (Å²) >= 11 is 0. The number of urea groups is 1. The minimum absolute atomic E-state index is 0.140. The quantitative estimate of drug-likeness (QED) is 0.723. The zero-order chi connectivity index (χ0) is 14.3. The number of carboxylic acid groups (broad SMARTS) is 1. The Morgan fingerprint density at radius 3 is 2.33 bits per heavy atom. The smallest absolute Gasteiger partial charge is 0.389 e. The lowest BCUT2D eigenvalue weighted by molar-refractivity contribution is -0.141. The third-order valence-corrected chi connectivity index (χ3v) is 2.37. The van der Waals surface area contributed by atoms with Crippen LogP contribution in [-0.4, -0.2) is 47.8 Å². The largest absolute Gasteiger partial charge is 0.480 e. The molecule has 0 bridgehead atoms. The lowest BCUT2D eigenvalue weighted by Crippen LogP contribution is -2.47. The number of rotatable bonds is 6. The van der Waals surface area contributed by atoms with Crippen molar-refractivity contribution in [2.45, 2.75) is 38.4 Å². The number of likely N-dealkylation sites (N-methyl/N-ethyl adjacent to an activating group) is 1. The number of carboxylic acids is 1. The van der Waals surface area contributed by atoms with Crippen LogP contribution in [0.4, 0.5) is 18.0 Å². The molecule has 1 unspecified atom stereocenters. The summed E-state index contributed by atoms with van der Waals surface area (Å²) in [5.41, 5.74) is 0. The normalized spacial score (nSPS) is 12.9. The summed E-state index contributed by atoms with van der Waals surface area (Å²) in [5.74, 6) is -1.15. The fourth-order valence-electron chi connectivity index (χ4n) is 1.36. The van der Waals surface area contributed by atoms with Crippen molar-refractivity contribution in [1.29, 1.82) is 0 Å². The lowest BCUT2D eigenvalue weighted by Gasteiger charge is -2.24. The Morgan fingerprint density at radius 2 is 1.94 bits per heavy atom. The Morgan fingerprint density at radius 1 is 1.39 bits per heavy atom. The Bertz CT molecular complexity index is 295. The number of nitrogens with one attached hydrogen (secondary N) is 1. The minimum atomic E-state index is -4.25. The molecule has 0 aliphatic carbocycles. The number of carbonyl (C=O) groups excluding carboxylic acids is 1. The Kier molecular flexibility index (Phi) is 6.50. The van der Waals surface area contributed by atoms with E-state index in [2.05, 4.69) is 5.32 Å². The standard InChI is InChI=1S/C10H17F3N2O3/c1-3-7(8(16)17)15(2)9(18)14-6-4-5-10(11,12)13/h7H,3-6H2,1-2H3,(H,14,18)(H,16,17). The number of nitrogens with zero attached hydrogens (tertiary/aromatic N) is 1. The van der Waals surface area contributed by atoms with Crippen LogP contribution in [-0.2, 0) is 4.79 Å². The molecule has 2 N–H and O–H groups in total. The summed E-state index contributed by atoms with van der Waals surface area (Å²) in [6.07, 6.45) is -5.23. The van der Waals surface area contributed by atoms with Crippen LogP contribution in [0, 0.1) is 0 Å². The van der Waals surface area contributed by atoms with Gasteiger partial charge in [0.05, 0.1) is 0 Å². The Labute approximate surface area is 103 Å². The van der Waals surface area contributed by atoms with Gasteiger partial charge in [0.2, 0.25) is 0 Å². The predicted molar refractivity (Wildman–Crippen MR) is 58.2 cm³/mol. The molecule has 0 saturated heterocycles. The van der Waals surface area contributed by atoms with Gasteiger partial charge in [0.25, 0.3) is 0 Å². The van der Waals surface area contributed by atoms with Gasteiger partial charge in [-0.15, -0.1) is 0 Å². The summed E-state index contributed by atoms with van der Waals surface area (Å²) in [6.45, 7) is 1.46. The summed E-state index contributed by atoms with van der Waals surface area (Å²) < 4.78 is 35.5. The zero-order valence-corrected chi connectivity index (χ0v) is 10.3. The van der Waals surface area contributed by atoms with E-state index in [1.54, 1.807) is 6.92 Å². The maximum absolute atomic E-state index is 11.8. The van der Waals surface area contributed by atoms with Crippen molar-refractivity contribution in [2.24, 2.45) is 0 Å². The molecule has 0 aliphatic heterocycles. The van der Waals surface area contributed by atoms with Crippen molar-refractivity contribution in [3.63, 3.8) is 0 Å². The number of halogens is 3. The number of alkyl halides is 3. The topological polar surface area (TPSA) is 69.6 Å². The first-order valence-electron chi connectivity index (χ1n) is 5.49. The molecule has 0 heterocycles. The first-order chi connectivity index (χ1) is 8.19. The highest BCUT2D eigenvalue weighted by atomic mass is 19.4. The molecule has 0 rings (SSSR count). The van der Waals surface area contributed by atoms with E-state index in [4.69, 9.17) is 5.11 Å². The van der Waals surface area contributed by atoms with Gasteiger partial charge in [-0.3, -0.25) is 0 Å². The van der Waals surface area contributed by atoms with Crippen LogP contribution in [0.2, 0.25) is 0 Å². The molecule has 0 spiro atoms. The van der Waals surface area contributed by atoms with Gasteiger partial charge < -0.3 is 15.3 Å². The second-order valence-electron chi connectivity index (χ2n) is 3.82. The molecule has 106 valence electrons. The molecule has 18 heavy (non-hydrogen) atoms. The van der Waals surface area contributed by atoms with Crippen molar-refractivity contribution < 1.29 is 27.9 Å². The van der Waals surface area contributed by atoms with Crippen LogP contribution in [0.3, 0.4) is 0 Å². The molecule has 8 heteroatoms. The maximum Gasteiger partial charge on any atom is 0.389 e. The molecule has 0 radical (unpaired) electrons. The summed E-state index contributed by atoms with van der Waals surface area (Å²) in [7, 11) is 1.29. The van der Waals surface area contributed by atoms with E-state index in [-0.39, 0.29) is 19.4 Å². The predicted octanol–water partition coefficient (Wildman–Crippen LogP) is 1.83. The fraction of sp³-hybridized carbons (Fsp3) is 0.800. The van der Waals surface area contributed by atoms with Crippen molar-refractivity contribution in [2.75, 3.05) is 13.6 Å². The van der Waals surface area contributed by atoms with Crippen LogP contribution in [0.1, 0.15) is 26.2 Å². The van der Waals surface area contributed by atoms with Crippen LogP contribution in [0.15, 0.2) is 0 Å². The number of amides is 2. The molecule has 0 aliphatic rings. The van der Waals surface area contributed by atoms with Crippen LogP contribution in [0.25, 0.3) is 0 Å². The van der Waals surface area contributed by atoms with Crippen LogP contribution in [0.5, 0.6) is 0 Å². The molecular weight excluding hydrogens is 253 g/mol. The van der Waals surface area contributed by atoms with Gasteiger partial charge in [-0.05, 0) is 12.8 Å². The van der Waals surface area contributed by atoms with Gasteiger partial charge in [0.15, 0.2) is 0 Å². The van der Waals surface area contributed by atoms with Crippen molar-refractivity contribution in [1.82, 2.24) is 10.2 Å². The van der Waals surface area contributed by atoms with Gasteiger partial charge >= 0.3 is 18.2 Å². The Hall–Kier alpha value is -1.47. The minimum Gasteiger partial charge on any atom is -0.480 e. The van der Waals surface area contributed by atoms with E-state index in [0.717, 1.165) is 4.90 Å². The monoisotopic (exact) mass is 270 g/mol. The van der Waals surface area contributed by atoms with Gasteiger partial charge in [-0.1, -0.05) is 6.92 Å². The highest BCUT2D eigenvalue weighted by Gasteiger charge is 2.27. The van der Waals surface area contributed by atoms with E-state index in [0.29, 0.717) is 0 Å². The molecule has 0 aromatic carbocycles. The van der Waals surface area contributed by atoms with E-state index >= 15 is 0 Å². The molecule has 0 aromatic heterocycles. The lowest BCUT2D eigenvalue weighted by atomic mass is 10.2. The molecule has 2 amide bonds. The average molecular weight is 270 g/mol. The van der Waals surface area contributed by atoms with Gasteiger partial charge in [-0.25, -0.2) is 9.59 Å². The van der Waals surface area contributed by atoms with Crippen molar-refractivity contribution in [3.8, 4) is 0 Å². The first kappa shape index (κ1) is 16.5. The fourth-order valence-corrected chi connectivity index (χ4v) is 1.36. The van der Waals surface area contributed by atoms with E-state index in [1.165, 1.54) is 7.05 Å². The highest BCUT2D eigenvalue weighted by molar-refractivity contribution is 5.82. The second kappa shape index (κ2) is 7.07. The second-order valence-corrected chi connectivity index (χ2v) is 3.82. The first-order valence-corrected chi connectivity index (χ1v) is 5.49. The summed E-state index contributed by atoms with van der Waals surface area (Å²) in [5, 5.41) is 11.0. The molecule has 1 atom stereocenters. The maximum atomic E-state index is 11.8. The van der Waals surface area contributed by atoms with Crippen molar-refractivity contribution >= 4 is 12.0 Å². The Balaban J connectivity index is 4.05. The third-order valence-electron chi connectivity index (χ3n) is 2.37. The SMILES string of the molecule is CCC(C(=O)O)N(C)C(=O)NCCCC(F)(F)F. The molecule has 0 aromatic rings. The van der Waals surface area contributed by atoms with Crippen molar-refractivity contribution in [3.05, 3.63) is 0 Å². The summed E-state index contributed by atoms with van der Waals surface area (Å²) in [4.78, 5) is 23.2. The number of aliphatic carboxylic acids is 1. The van der Waals surface area contributed by atoms with E-state index in [9.17, 15) is 22.8 Å². The molecule has 0 fully saturated rings. The number of hydrogen-bond acceptors (Lipinski definition) is 2. The molecule has 0 saturated carbocycles. The third kappa shape index (κ3) is 6.31. The van der Waals surface area contributed by atoms with Crippen LogP contribution >= 0.6 is 0 Å². The zero-order valence-electron chi connectivity index (χ0n) is 10.3. The van der Waals surface area contributed by atoms with Crippen LogP contribution < -0.4 is 5.32 Å². The number of hydrogen-bond donors (Lipinski definition) is 2. The molecular formula is C10H17F3N2O3. The number of carbonyl (C=O) groups is 2.